The van der Waals surface area contributed by atoms with E-state index in [1.807, 2.05) is 42.2 Å². The number of nitrogens with zero attached hydrogens (tertiary/aromatic N) is 3. The summed E-state index contributed by atoms with van der Waals surface area (Å²) in [4.78, 5) is 15.2. The summed E-state index contributed by atoms with van der Waals surface area (Å²) < 4.78 is 12.4. The van der Waals surface area contributed by atoms with Crippen LogP contribution in [0.15, 0.2) is 30.6 Å². The minimum atomic E-state index is -0.578. The van der Waals surface area contributed by atoms with Crippen LogP contribution in [0.1, 0.15) is 26.8 Å². The lowest BCUT2D eigenvalue weighted by atomic mass is 10.0. The number of anilines is 1. The second kappa shape index (κ2) is 7.54. The summed E-state index contributed by atoms with van der Waals surface area (Å²) in [5, 5.41) is 14.8. The summed E-state index contributed by atoms with van der Waals surface area (Å²) in [6.45, 7) is 7.77. The molecule has 0 saturated carbocycles. The molecule has 8 heteroatoms. The number of aliphatic hydroxyl groups excluding tert-OH is 1. The van der Waals surface area contributed by atoms with Crippen molar-refractivity contribution in [3.05, 3.63) is 30.6 Å². The largest absolute Gasteiger partial charge is 0.449 e. The molecular weight excluding hydrogens is 360 g/mol. The highest BCUT2D eigenvalue weighted by Crippen LogP contribution is 2.33. The van der Waals surface area contributed by atoms with Gasteiger partial charge in [-0.2, -0.15) is 5.10 Å². The summed E-state index contributed by atoms with van der Waals surface area (Å²) >= 11 is 0. The van der Waals surface area contributed by atoms with Gasteiger partial charge in [-0.05, 0) is 31.5 Å². The summed E-state index contributed by atoms with van der Waals surface area (Å²) in [5.41, 5.74) is 3.62. The van der Waals surface area contributed by atoms with Gasteiger partial charge in [0.1, 0.15) is 11.7 Å². The molecule has 0 spiro atoms. The monoisotopic (exact) mass is 387 g/mol. The van der Waals surface area contributed by atoms with Crippen molar-refractivity contribution in [1.82, 2.24) is 9.78 Å². The molecule has 3 atom stereocenters. The number of carbonyl (C=O) groups is 1. The van der Waals surface area contributed by atoms with Gasteiger partial charge in [0.25, 0.3) is 0 Å². The Labute approximate surface area is 164 Å². The summed E-state index contributed by atoms with van der Waals surface area (Å²) in [7, 11) is 0. The van der Waals surface area contributed by atoms with Gasteiger partial charge in [-0.15, -0.1) is 0 Å². The van der Waals surface area contributed by atoms with Crippen molar-refractivity contribution in [2.45, 2.75) is 39.1 Å². The highest BCUT2D eigenvalue weighted by Gasteiger charge is 2.38. The number of aromatic nitrogens is 2. The highest BCUT2D eigenvalue weighted by molar-refractivity contribution is 5.92. The molecule has 0 radical (unpaired) electrons. The molecule has 1 aromatic carbocycles. The van der Waals surface area contributed by atoms with Crippen molar-refractivity contribution in [2.24, 2.45) is 0 Å². The maximum Gasteiger partial charge on any atom is 0.414 e. The molecule has 8 nitrogen and oxygen atoms in total. The zero-order valence-corrected chi connectivity index (χ0v) is 16.5. The number of fused-ring (bicyclic) bond motifs is 1. The molecule has 2 aromatic rings. The fourth-order valence-electron chi connectivity index (χ4n) is 3.99. The first kappa shape index (κ1) is 18.9. The van der Waals surface area contributed by atoms with Crippen LogP contribution in [0.25, 0.3) is 11.1 Å². The Hall–Kier alpha value is -2.42. The number of nitrogens with one attached hydrogen (secondary N) is 1. The summed E-state index contributed by atoms with van der Waals surface area (Å²) in [6, 6.07) is 6.32. The molecule has 1 amide bonds. The Balaban J connectivity index is 1.73. The normalized spacial score (nSPS) is 23.1. The third kappa shape index (κ3) is 3.28. The molecule has 2 aliphatic heterocycles. The predicted molar refractivity (Wildman–Crippen MR) is 104 cm³/mol. The Morgan fingerprint density at radius 1 is 1.43 bits per heavy atom. The van der Waals surface area contributed by atoms with Crippen LogP contribution in [-0.2, 0) is 9.47 Å². The van der Waals surface area contributed by atoms with Crippen LogP contribution in [0.5, 0.6) is 0 Å². The Kier molecular flexibility index (Phi) is 5.09. The van der Waals surface area contributed by atoms with Crippen molar-refractivity contribution in [2.75, 3.05) is 31.3 Å². The van der Waals surface area contributed by atoms with Crippen LogP contribution < -0.4 is 9.80 Å². The van der Waals surface area contributed by atoms with Crippen molar-refractivity contribution in [3.8, 4) is 11.1 Å². The fourth-order valence-corrected chi connectivity index (χ4v) is 3.99. The number of benzene rings is 1. The number of ether oxygens (including phenoxy) is 2. The van der Waals surface area contributed by atoms with Gasteiger partial charge in [-0.1, -0.05) is 0 Å². The lowest BCUT2D eigenvalue weighted by Gasteiger charge is -2.38. The van der Waals surface area contributed by atoms with E-state index >= 15 is 0 Å². The average Bonchev–Trinajstić information content (AvgIpc) is 3.08. The van der Waals surface area contributed by atoms with Crippen molar-refractivity contribution >= 4 is 17.5 Å². The third-order valence-electron chi connectivity index (χ3n) is 5.45. The molecule has 1 aromatic heterocycles. The molecule has 28 heavy (non-hydrogen) atoms. The summed E-state index contributed by atoms with van der Waals surface area (Å²) in [6.07, 6.45) is 2.90. The second-order valence-corrected chi connectivity index (χ2v) is 7.47. The first-order valence-corrected chi connectivity index (χ1v) is 9.75. The van der Waals surface area contributed by atoms with Crippen LogP contribution in [0.4, 0.5) is 16.2 Å². The van der Waals surface area contributed by atoms with E-state index in [2.05, 4.69) is 5.10 Å². The number of aliphatic hydroxyl groups is 1. The summed E-state index contributed by atoms with van der Waals surface area (Å²) in [5.74, 6) is 0. The minimum Gasteiger partial charge on any atom is -0.449 e. The van der Waals surface area contributed by atoms with Crippen LogP contribution in [-0.4, -0.2) is 59.6 Å². The Bertz CT molecular complexity index is 862. The molecule has 1 fully saturated rings. The van der Waals surface area contributed by atoms with E-state index in [1.165, 1.54) is 0 Å². The smallest absolute Gasteiger partial charge is 0.414 e. The van der Waals surface area contributed by atoms with Gasteiger partial charge in [0, 0.05) is 24.8 Å². The molecule has 1 saturated heterocycles. The molecule has 3 heterocycles. The maximum absolute atomic E-state index is 12.6. The van der Waals surface area contributed by atoms with Gasteiger partial charge in [0.05, 0.1) is 38.6 Å². The fraction of sp³-hybridized carbons (Fsp3) is 0.500. The van der Waals surface area contributed by atoms with Gasteiger partial charge in [0.2, 0.25) is 0 Å². The maximum atomic E-state index is 12.6. The second-order valence-electron chi connectivity index (χ2n) is 7.47. The number of carbonyl (C=O) groups excluding carboxylic acids is 1. The Morgan fingerprint density at radius 2 is 2.21 bits per heavy atom. The zero-order valence-electron chi connectivity index (χ0n) is 16.5. The van der Waals surface area contributed by atoms with Gasteiger partial charge < -0.3 is 14.6 Å². The number of hydrogen-bond donors (Lipinski definition) is 2. The molecule has 0 bridgehead atoms. The van der Waals surface area contributed by atoms with Crippen molar-refractivity contribution in [1.29, 1.82) is 0 Å². The molecule has 2 aliphatic rings. The topological polar surface area (TPSA) is 81.3 Å². The van der Waals surface area contributed by atoms with Gasteiger partial charge in [-0.25, -0.2) is 4.79 Å². The van der Waals surface area contributed by atoms with Crippen LogP contribution in [0.2, 0.25) is 0 Å². The number of rotatable bonds is 4. The molecular formula is C20H27N4O4+. The van der Waals surface area contributed by atoms with E-state index < -0.39 is 6.23 Å². The highest BCUT2D eigenvalue weighted by atomic mass is 16.6. The van der Waals surface area contributed by atoms with Gasteiger partial charge >= 0.3 is 6.09 Å². The quantitative estimate of drug-likeness (QED) is 0.828. The van der Waals surface area contributed by atoms with Crippen LogP contribution in [0, 0.1) is 0 Å². The van der Waals surface area contributed by atoms with E-state index in [4.69, 9.17) is 9.47 Å². The van der Waals surface area contributed by atoms with Crippen LogP contribution >= 0.6 is 0 Å². The molecule has 4 rings (SSSR count). The minimum absolute atomic E-state index is 0.0455. The third-order valence-corrected chi connectivity index (χ3v) is 5.45. The lowest BCUT2D eigenvalue weighted by Crippen LogP contribution is -3.16. The average molecular weight is 387 g/mol. The standard InChI is InChI=1S/C20H26N4O4/c1-4-28-20(26)22-9-13(2)24(14(3)25)18-6-5-15(7-19(18)22)16-8-21-23(10-16)17-11-27-12-17/h5-8,10,13-14,17,25H,4,9,11-12H2,1-3H3/p+1. The van der Waals surface area contributed by atoms with Gasteiger partial charge in [-0.3, -0.25) is 14.5 Å². The van der Waals surface area contributed by atoms with Crippen molar-refractivity contribution in [3.63, 3.8) is 0 Å². The lowest BCUT2D eigenvalue weighted by molar-refractivity contribution is -0.906. The van der Waals surface area contributed by atoms with Crippen molar-refractivity contribution < 1.29 is 24.3 Å². The van der Waals surface area contributed by atoms with Gasteiger partial charge in [0.15, 0.2) is 11.9 Å². The molecule has 3 unspecified atom stereocenters. The molecule has 2 N–H and O–H groups in total. The molecule has 0 aliphatic carbocycles. The number of quaternary nitrogens is 1. The number of hydrogen-bond acceptors (Lipinski definition) is 5. The van der Waals surface area contributed by atoms with E-state index in [0.717, 1.165) is 27.4 Å². The van der Waals surface area contributed by atoms with E-state index in [-0.39, 0.29) is 12.1 Å². The SMILES string of the molecule is CCOC(=O)N1CC(C)[NH+](C(C)O)c2ccc(-c3cnn(C4COC4)c3)cc21. The van der Waals surface area contributed by atoms with Crippen LogP contribution in [0.3, 0.4) is 0 Å². The zero-order chi connectivity index (χ0) is 19.8. The Morgan fingerprint density at radius 3 is 2.86 bits per heavy atom. The predicted octanol–water partition coefficient (Wildman–Crippen LogP) is 1.34. The van der Waals surface area contributed by atoms with E-state index in [9.17, 15) is 9.90 Å². The molecule has 150 valence electrons. The number of amides is 1. The van der Waals surface area contributed by atoms with E-state index in [1.54, 1.807) is 18.7 Å². The first-order chi connectivity index (χ1) is 13.5. The first-order valence-electron chi connectivity index (χ1n) is 9.75. The van der Waals surface area contributed by atoms with E-state index in [0.29, 0.717) is 32.4 Å².